The average molecular weight is 535 g/mol. The minimum Gasteiger partial charge on any atom is -0.454 e. The van der Waals surface area contributed by atoms with E-state index in [9.17, 15) is 0 Å². The van der Waals surface area contributed by atoms with Crippen molar-refractivity contribution in [3.63, 3.8) is 0 Å². The van der Waals surface area contributed by atoms with Crippen molar-refractivity contribution in [1.82, 2.24) is 0 Å². The van der Waals surface area contributed by atoms with Gasteiger partial charge in [0.15, 0.2) is 6.17 Å². The van der Waals surface area contributed by atoms with Crippen molar-refractivity contribution in [2.24, 2.45) is 7.05 Å². The van der Waals surface area contributed by atoms with E-state index in [1.165, 1.54) is 11.6 Å². The molecule has 0 amide bonds. The van der Waals surface area contributed by atoms with Crippen LogP contribution in [0.1, 0.15) is 40.2 Å². The molecule has 4 aromatic carbocycles. The van der Waals surface area contributed by atoms with Gasteiger partial charge < -0.3 is 4.42 Å². The largest absolute Gasteiger partial charge is 0.454 e. The number of nitrogens with zero attached hydrogens (tertiary/aromatic N) is 1. The summed E-state index contributed by atoms with van der Waals surface area (Å²) in [6.45, 7) is 9.40. The summed E-state index contributed by atoms with van der Waals surface area (Å²) in [6.07, 6.45) is -0.00101. The Morgan fingerprint density at radius 2 is 1.25 bits per heavy atom. The lowest BCUT2D eigenvalue weighted by Crippen LogP contribution is -2.34. The highest BCUT2D eigenvalue weighted by atomic mass is 19.1. The van der Waals surface area contributed by atoms with E-state index in [0.717, 1.165) is 27.5 Å². The van der Waals surface area contributed by atoms with Crippen LogP contribution in [0.3, 0.4) is 0 Å². The van der Waals surface area contributed by atoms with Crippen LogP contribution in [-0.4, -0.2) is 0 Å². The van der Waals surface area contributed by atoms with Crippen LogP contribution in [0.15, 0.2) is 89.4 Å². The van der Waals surface area contributed by atoms with E-state index in [1.807, 2.05) is 71.0 Å². The Hall–Kier alpha value is -4.31. The van der Waals surface area contributed by atoms with Crippen LogP contribution in [-0.2, 0) is 12.5 Å². The van der Waals surface area contributed by atoms with Crippen molar-refractivity contribution in [1.29, 1.82) is 0 Å². The van der Waals surface area contributed by atoms with Crippen LogP contribution in [0.5, 0.6) is 0 Å². The maximum atomic E-state index is 15.7. The second kappa shape index (κ2) is 9.41. The van der Waals surface area contributed by atoms with E-state index in [0.29, 0.717) is 27.9 Å². The van der Waals surface area contributed by atoms with Gasteiger partial charge in [-0.3, -0.25) is 0 Å². The zero-order valence-electron chi connectivity index (χ0n) is 25.5. The van der Waals surface area contributed by atoms with Crippen molar-refractivity contribution in [3.05, 3.63) is 113 Å². The first-order chi connectivity index (χ1) is 19.9. The molecule has 0 saturated heterocycles. The highest BCUT2D eigenvalue weighted by Gasteiger charge is 2.28. The Kier molecular flexibility index (Phi) is 5.54. The van der Waals surface area contributed by atoms with Gasteiger partial charge in [-0.05, 0) is 53.6 Å². The summed E-state index contributed by atoms with van der Waals surface area (Å²) >= 11 is 0. The van der Waals surface area contributed by atoms with Gasteiger partial charge in [0.25, 0.3) is 0 Å². The summed E-state index contributed by atoms with van der Waals surface area (Å²) in [6, 6.07) is 22.6. The first-order valence-electron chi connectivity index (χ1n) is 14.4. The number of aryl methyl sites for hydroxylation is 2. The molecule has 40 heavy (non-hydrogen) atoms. The van der Waals surface area contributed by atoms with Crippen LogP contribution in [0.25, 0.3) is 55.4 Å². The van der Waals surface area contributed by atoms with E-state index in [2.05, 4.69) is 24.3 Å². The number of halogens is 2. The Labute approximate surface area is 236 Å². The highest BCUT2D eigenvalue weighted by Crippen LogP contribution is 2.42. The fourth-order valence-corrected chi connectivity index (χ4v) is 5.37. The lowest BCUT2D eigenvalue weighted by molar-refractivity contribution is -0.661. The summed E-state index contributed by atoms with van der Waals surface area (Å²) in [7, 11) is 1.67. The quantitative estimate of drug-likeness (QED) is 0.207. The summed E-state index contributed by atoms with van der Waals surface area (Å²) in [5.41, 5.74) is 6.17. The van der Waals surface area contributed by atoms with Gasteiger partial charge in [-0.15, -0.1) is 0 Å². The molecule has 0 radical (unpaired) electrons. The zero-order valence-corrected chi connectivity index (χ0v) is 23.5. The Morgan fingerprint density at radius 1 is 0.700 bits per heavy atom. The lowest BCUT2D eigenvalue weighted by Gasteiger charge is -2.18. The molecule has 0 saturated carbocycles. The Balaban J connectivity index is 1.59. The third kappa shape index (κ3) is 4.28. The van der Waals surface area contributed by atoms with Crippen molar-refractivity contribution in [2.75, 3.05) is 0 Å². The third-order valence-corrected chi connectivity index (χ3v) is 7.57. The molecule has 0 unspecified atom stereocenters. The summed E-state index contributed by atoms with van der Waals surface area (Å²) in [4.78, 5) is 0. The second-order valence-corrected chi connectivity index (χ2v) is 11.6. The molecule has 6 aromatic rings. The van der Waals surface area contributed by atoms with Crippen LogP contribution < -0.4 is 4.57 Å². The summed E-state index contributed by atoms with van der Waals surface area (Å²) < 4.78 is 56.9. The van der Waals surface area contributed by atoms with Gasteiger partial charge in [-0.1, -0.05) is 87.0 Å². The number of aromatic nitrogens is 1. The molecule has 0 fully saturated rings. The summed E-state index contributed by atoms with van der Waals surface area (Å²) in [5, 5.41) is 1.45. The maximum absolute atomic E-state index is 15.7. The van der Waals surface area contributed by atoms with Gasteiger partial charge in [0.05, 0.1) is 18.1 Å². The minimum absolute atomic E-state index is 0.00101. The van der Waals surface area contributed by atoms with Gasteiger partial charge in [-0.2, -0.15) is 0 Å². The number of hydrogen-bond acceptors (Lipinski definition) is 1. The molecule has 2 aromatic heterocycles. The molecule has 2 nitrogen and oxygen atoms in total. The first kappa shape index (κ1) is 23.6. The van der Waals surface area contributed by atoms with Crippen molar-refractivity contribution in [2.45, 2.75) is 40.0 Å². The van der Waals surface area contributed by atoms with Gasteiger partial charge in [0, 0.05) is 16.8 Å². The van der Waals surface area contributed by atoms with Gasteiger partial charge in [-0.25, -0.2) is 13.3 Å². The molecule has 4 heteroatoms. The molecule has 0 N–H and O–H groups in total. The van der Waals surface area contributed by atoms with Crippen molar-refractivity contribution < 1.29 is 20.5 Å². The highest BCUT2D eigenvalue weighted by molar-refractivity contribution is 6.13. The van der Waals surface area contributed by atoms with Crippen LogP contribution in [0.4, 0.5) is 8.78 Å². The lowest BCUT2D eigenvalue weighted by atomic mass is 9.87. The molecule has 0 bridgehead atoms. The number of hydrogen-bond donors (Lipinski definition) is 0. The minimum atomic E-state index is -0.714. The zero-order chi connectivity index (χ0) is 30.1. The third-order valence-electron chi connectivity index (χ3n) is 7.57. The molecule has 200 valence electrons. The smallest absolute Gasteiger partial charge is 0.219 e. The van der Waals surface area contributed by atoms with Crippen LogP contribution in [0.2, 0.25) is 0 Å². The van der Waals surface area contributed by atoms with Crippen molar-refractivity contribution in [3.8, 4) is 33.5 Å². The van der Waals surface area contributed by atoms with Gasteiger partial charge >= 0.3 is 0 Å². The number of rotatable bonds is 3. The number of fused-ring (bicyclic) bond motifs is 3. The number of pyridine rings is 1. The standard InChI is InChI=1S/C36H32F2NO/c1-21-7-10-23(11-8-21)24-12-14-25(15-13-24)33-29(37)18-17-27-26-16-9-22(2)32(34(26)40-35(27)33)31-19-30(38)28(20-39(31)6)36(3,4)5/h7-20H,1-6H3/q+1/i19D,20D. The topological polar surface area (TPSA) is 17.0 Å². The molecular weight excluding hydrogens is 500 g/mol. The monoisotopic (exact) mass is 534 g/mol. The molecule has 2 heterocycles. The number of benzene rings is 4. The maximum Gasteiger partial charge on any atom is 0.219 e. The molecule has 0 spiro atoms. The average Bonchev–Trinajstić information content (AvgIpc) is 3.31. The van der Waals surface area contributed by atoms with Crippen LogP contribution >= 0.6 is 0 Å². The second-order valence-electron chi connectivity index (χ2n) is 11.6. The molecule has 0 aliphatic heterocycles. The SMILES string of the molecule is [2H]c1c(F)c(C(C)(C)C)c([2H])[n+](C)c1-c1c(C)ccc2c1oc1c(-c3ccc(-c4ccc(C)cc4)cc3)c(F)ccc12. The Bertz CT molecular complexity index is 1990. The van der Waals surface area contributed by atoms with Crippen LogP contribution in [0, 0.1) is 25.5 Å². The molecular formula is C36H32F2NO+. The van der Waals surface area contributed by atoms with E-state index >= 15 is 8.78 Å². The summed E-state index contributed by atoms with van der Waals surface area (Å²) in [5.74, 6) is -1.13. The van der Waals surface area contributed by atoms with E-state index < -0.39 is 17.0 Å². The fourth-order valence-electron chi connectivity index (χ4n) is 5.37. The van der Waals surface area contributed by atoms with Crippen molar-refractivity contribution >= 4 is 21.9 Å². The Morgan fingerprint density at radius 3 is 1.88 bits per heavy atom. The number of furan rings is 1. The van der Waals surface area contributed by atoms with Gasteiger partial charge in [0.1, 0.15) is 31.2 Å². The fraction of sp³-hybridized carbons (Fsp3) is 0.194. The molecule has 0 aliphatic carbocycles. The molecule has 6 rings (SSSR count). The molecule has 0 atom stereocenters. The predicted octanol–water partition coefficient (Wildman–Crippen LogP) is 9.60. The molecule has 0 aliphatic rings. The van der Waals surface area contributed by atoms with E-state index in [4.69, 9.17) is 7.16 Å². The van der Waals surface area contributed by atoms with E-state index in [1.54, 1.807) is 17.7 Å². The predicted molar refractivity (Wildman–Crippen MR) is 159 cm³/mol. The van der Waals surface area contributed by atoms with E-state index in [-0.39, 0.29) is 23.5 Å². The first-order valence-corrected chi connectivity index (χ1v) is 13.4. The normalized spacial score (nSPS) is 12.7. The van der Waals surface area contributed by atoms with Gasteiger partial charge in [0.2, 0.25) is 5.69 Å².